The molecule has 1 aromatic heterocycles. The molecule has 0 aliphatic heterocycles. The predicted octanol–water partition coefficient (Wildman–Crippen LogP) is 3.31. The minimum atomic E-state index is -4.42. The van der Waals surface area contributed by atoms with E-state index in [1.807, 2.05) is 0 Å². The van der Waals surface area contributed by atoms with E-state index in [1.165, 1.54) is 13.1 Å². The van der Waals surface area contributed by atoms with E-state index >= 15 is 0 Å². The van der Waals surface area contributed by atoms with Crippen LogP contribution in [0.5, 0.6) is 0 Å². The normalized spacial score (nSPS) is 13.9. The first-order valence-electron chi connectivity index (χ1n) is 5.03. The van der Waals surface area contributed by atoms with Gasteiger partial charge in [0.05, 0.1) is 17.2 Å². The monoisotopic (exact) mass is 241 g/mol. The fourth-order valence-corrected chi connectivity index (χ4v) is 1.70. The van der Waals surface area contributed by atoms with Crippen LogP contribution in [0.1, 0.15) is 24.2 Å². The zero-order chi connectivity index (χ0) is 12.6. The van der Waals surface area contributed by atoms with Crippen molar-refractivity contribution >= 4 is 10.9 Å². The molecule has 1 aromatic carbocycles. The van der Waals surface area contributed by atoms with Crippen molar-refractivity contribution in [3.8, 4) is 0 Å². The van der Waals surface area contributed by atoms with Gasteiger partial charge in [0.25, 0.3) is 0 Å². The number of pyridine rings is 1. The third kappa shape index (κ3) is 2.24. The summed E-state index contributed by atoms with van der Waals surface area (Å²) in [5, 5.41) is 9.88. The summed E-state index contributed by atoms with van der Waals surface area (Å²) in [4.78, 5) is 4.00. The Morgan fingerprint density at radius 3 is 2.59 bits per heavy atom. The molecule has 0 aliphatic rings. The van der Waals surface area contributed by atoms with Crippen molar-refractivity contribution in [3.05, 3.63) is 41.6 Å². The standard InChI is InChI=1S/C12H10F3NO/c1-7(17)10-6-9(12(13,14)15)5-8-3-2-4-16-11(8)10/h2-7,17H,1H3. The van der Waals surface area contributed by atoms with E-state index in [4.69, 9.17) is 0 Å². The number of alkyl halides is 3. The number of aliphatic hydroxyl groups is 1. The number of aromatic nitrogens is 1. The van der Waals surface area contributed by atoms with Crippen LogP contribution in [0, 0.1) is 0 Å². The summed E-state index contributed by atoms with van der Waals surface area (Å²) in [6, 6.07) is 5.09. The smallest absolute Gasteiger partial charge is 0.389 e. The van der Waals surface area contributed by atoms with Crippen molar-refractivity contribution in [1.82, 2.24) is 4.98 Å². The minimum Gasteiger partial charge on any atom is -0.389 e. The van der Waals surface area contributed by atoms with Crippen LogP contribution in [0.3, 0.4) is 0 Å². The lowest BCUT2D eigenvalue weighted by Gasteiger charge is -2.13. The summed E-state index contributed by atoms with van der Waals surface area (Å²) < 4.78 is 38.0. The molecule has 1 unspecified atom stereocenters. The molecular weight excluding hydrogens is 231 g/mol. The van der Waals surface area contributed by atoms with Crippen molar-refractivity contribution in [2.45, 2.75) is 19.2 Å². The third-order valence-corrected chi connectivity index (χ3v) is 2.51. The molecular formula is C12H10F3NO. The van der Waals surface area contributed by atoms with Crippen molar-refractivity contribution < 1.29 is 18.3 Å². The van der Waals surface area contributed by atoms with Crippen LogP contribution in [0.15, 0.2) is 30.5 Å². The lowest BCUT2D eigenvalue weighted by molar-refractivity contribution is -0.137. The zero-order valence-electron chi connectivity index (χ0n) is 8.99. The summed E-state index contributed by atoms with van der Waals surface area (Å²) in [5.41, 5.74) is -0.181. The average molecular weight is 241 g/mol. The van der Waals surface area contributed by atoms with Crippen molar-refractivity contribution in [3.63, 3.8) is 0 Å². The van der Waals surface area contributed by atoms with Crippen LogP contribution < -0.4 is 0 Å². The Morgan fingerprint density at radius 2 is 2.00 bits per heavy atom. The predicted molar refractivity (Wildman–Crippen MR) is 57.4 cm³/mol. The molecule has 0 fully saturated rings. The number of rotatable bonds is 1. The second kappa shape index (κ2) is 4.00. The molecule has 0 aliphatic carbocycles. The quantitative estimate of drug-likeness (QED) is 0.830. The highest BCUT2D eigenvalue weighted by Gasteiger charge is 2.31. The molecule has 1 atom stereocenters. The highest BCUT2D eigenvalue weighted by atomic mass is 19.4. The molecule has 1 heterocycles. The molecule has 2 nitrogen and oxygen atoms in total. The number of halogens is 3. The zero-order valence-corrected chi connectivity index (χ0v) is 8.99. The molecule has 0 saturated heterocycles. The number of hydrogen-bond donors (Lipinski definition) is 1. The van der Waals surface area contributed by atoms with Gasteiger partial charge in [-0.05, 0) is 25.1 Å². The van der Waals surface area contributed by atoms with Gasteiger partial charge in [0.15, 0.2) is 0 Å². The molecule has 0 bridgehead atoms. The fourth-order valence-electron chi connectivity index (χ4n) is 1.70. The molecule has 0 saturated carbocycles. The first kappa shape index (κ1) is 11.9. The second-order valence-electron chi connectivity index (χ2n) is 3.81. The Hall–Kier alpha value is -1.62. The number of fused-ring (bicyclic) bond motifs is 1. The molecule has 2 rings (SSSR count). The van der Waals surface area contributed by atoms with Gasteiger partial charge in [-0.1, -0.05) is 6.07 Å². The highest BCUT2D eigenvalue weighted by molar-refractivity contribution is 5.83. The molecule has 1 N–H and O–H groups in total. The van der Waals surface area contributed by atoms with Gasteiger partial charge in [-0.15, -0.1) is 0 Å². The third-order valence-electron chi connectivity index (χ3n) is 2.51. The van der Waals surface area contributed by atoms with E-state index in [-0.39, 0.29) is 5.56 Å². The summed E-state index contributed by atoms with van der Waals surface area (Å²) in [6.45, 7) is 1.42. The van der Waals surface area contributed by atoms with Gasteiger partial charge in [0.2, 0.25) is 0 Å². The first-order chi connectivity index (χ1) is 7.89. The molecule has 17 heavy (non-hydrogen) atoms. The molecule has 90 valence electrons. The van der Waals surface area contributed by atoms with Crippen molar-refractivity contribution in [2.24, 2.45) is 0 Å². The summed E-state index contributed by atoms with van der Waals surface area (Å²) in [5.74, 6) is 0. The van der Waals surface area contributed by atoms with Gasteiger partial charge in [-0.2, -0.15) is 13.2 Å². The molecule has 0 radical (unpaired) electrons. The molecule has 5 heteroatoms. The Kier molecular flexibility index (Phi) is 2.79. The Morgan fingerprint density at radius 1 is 1.29 bits per heavy atom. The Labute approximate surface area is 95.7 Å². The van der Waals surface area contributed by atoms with Crippen molar-refractivity contribution in [1.29, 1.82) is 0 Å². The van der Waals surface area contributed by atoms with E-state index in [2.05, 4.69) is 4.98 Å². The number of benzene rings is 1. The van der Waals surface area contributed by atoms with E-state index in [0.717, 1.165) is 12.1 Å². The van der Waals surface area contributed by atoms with Crippen LogP contribution >= 0.6 is 0 Å². The highest BCUT2D eigenvalue weighted by Crippen LogP contribution is 2.34. The summed E-state index contributed by atoms with van der Waals surface area (Å²) in [6.07, 6.45) is -3.93. The lowest BCUT2D eigenvalue weighted by Crippen LogP contribution is -2.07. The Bertz CT molecular complexity index is 549. The van der Waals surface area contributed by atoms with Crippen LogP contribution in [0.25, 0.3) is 10.9 Å². The maximum atomic E-state index is 12.7. The van der Waals surface area contributed by atoms with E-state index in [9.17, 15) is 18.3 Å². The first-order valence-corrected chi connectivity index (χ1v) is 5.03. The van der Waals surface area contributed by atoms with E-state index in [1.54, 1.807) is 12.1 Å². The second-order valence-corrected chi connectivity index (χ2v) is 3.81. The maximum absolute atomic E-state index is 12.7. The van der Waals surface area contributed by atoms with Gasteiger partial charge < -0.3 is 5.11 Å². The van der Waals surface area contributed by atoms with Crippen molar-refractivity contribution in [2.75, 3.05) is 0 Å². The average Bonchev–Trinajstić information content (AvgIpc) is 2.26. The van der Waals surface area contributed by atoms with Crippen LogP contribution in [-0.4, -0.2) is 10.1 Å². The van der Waals surface area contributed by atoms with Crippen LogP contribution in [-0.2, 0) is 6.18 Å². The maximum Gasteiger partial charge on any atom is 0.416 e. The lowest BCUT2D eigenvalue weighted by atomic mass is 10.0. The van der Waals surface area contributed by atoms with Crippen LogP contribution in [0.2, 0.25) is 0 Å². The molecule has 0 amide bonds. The van der Waals surface area contributed by atoms with Gasteiger partial charge in [0, 0.05) is 17.1 Å². The van der Waals surface area contributed by atoms with E-state index in [0.29, 0.717) is 10.9 Å². The van der Waals surface area contributed by atoms with Gasteiger partial charge >= 0.3 is 6.18 Å². The van der Waals surface area contributed by atoms with Gasteiger partial charge in [-0.25, -0.2) is 0 Å². The number of hydrogen-bond acceptors (Lipinski definition) is 2. The number of nitrogens with zero attached hydrogens (tertiary/aromatic N) is 1. The van der Waals surface area contributed by atoms with Gasteiger partial charge in [0.1, 0.15) is 0 Å². The van der Waals surface area contributed by atoms with Crippen LogP contribution in [0.4, 0.5) is 13.2 Å². The largest absolute Gasteiger partial charge is 0.416 e. The fraction of sp³-hybridized carbons (Fsp3) is 0.250. The van der Waals surface area contributed by atoms with Gasteiger partial charge in [-0.3, -0.25) is 4.98 Å². The minimum absolute atomic E-state index is 0.190. The summed E-state index contributed by atoms with van der Waals surface area (Å²) in [7, 11) is 0. The topological polar surface area (TPSA) is 33.1 Å². The Balaban J connectivity index is 2.76. The summed E-state index contributed by atoms with van der Waals surface area (Å²) >= 11 is 0. The molecule has 0 spiro atoms. The van der Waals surface area contributed by atoms with E-state index < -0.39 is 17.8 Å². The SMILES string of the molecule is CC(O)c1cc(C(F)(F)F)cc2cccnc12. The molecule has 2 aromatic rings. The number of aliphatic hydroxyl groups excluding tert-OH is 1.